The summed E-state index contributed by atoms with van der Waals surface area (Å²) in [5.74, 6) is 0.223. The fraction of sp³-hybridized carbons (Fsp3) is 0.267. The SMILES string of the molecule is O=C1NCc2ccc(Nc3nc(Cl)nc4c3S(=O)(=O)CCC4)cc2N1. The topological polar surface area (TPSA) is 113 Å². The average molecular weight is 380 g/mol. The molecule has 25 heavy (non-hydrogen) atoms. The first-order valence-corrected chi connectivity index (χ1v) is 9.69. The lowest BCUT2D eigenvalue weighted by atomic mass is 10.1. The van der Waals surface area contributed by atoms with Crippen molar-refractivity contribution in [1.29, 1.82) is 0 Å². The van der Waals surface area contributed by atoms with Gasteiger partial charge in [-0.25, -0.2) is 18.2 Å². The largest absolute Gasteiger partial charge is 0.339 e. The highest BCUT2D eigenvalue weighted by Crippen LogP contribution is 2.33. The molecule has 0 atom stereocenters. The quantitative estimate of drug-likeness (QED) is 0.689. The van der Waals surface area contributed by atoms with Crippen LogP contribution in [0.2, 0.25) is 5.28 Å². The van der Waals surface area contributed by atoms with Gasteiger partial charge in [0.05, 0.1) is 11.4 Å². The van der Waals surface area contributed by atoms with E-state index in [0.29, 0.717) is 36.5 Å². The van der Waals surface area contributed by atoms with E-state index in [4.69, 9.17) is 11.6 Å². The minimum Gasteiger partial charge on any atom is -0.339 e. The van der Waals surface area contributed by atoms with Gasteiger partial charge < -0.3 is 16.0 Å². The van der Waals surface area contributed by atoms with Gasteiger partial charge in [0.2, 0.25) is 5.28 Å². The van der Waals surface area contributed by atoms with Crippen molar-refractivity contribution in [3.8, 4) is 0 Å². The number of anilines is 3. The smallest absolute Gasteiger partial charge is 0.319 e. The van der Waals surface area contributed by atoms with Crippen LogP contribution in [0.15, 0.2) is 23.1 Å². The summed E-state index contributed by atoms with van der Waals surface area (Å²) < 4.78 is 24.9. The lowest BCUT2D eigenvalue weighted by Crippen LogP contribution is -2.33. The minimum absolute atomic E-state index is 0.00573. The first-order valence-electron chi connectivity index (χ1n) is 7.66. The van der Waals surface area contributed by atoms with Crippen molar-refractivity contribution >= 4 is 44.7 Å². The molecule has 0 aliphatic carbocycles. The molecule has 2 aromatic rings. The third kappa shape index (κ3) is 3.00. The zero-order valence-corrected chi connectivity index (χ0v) is 14.5. The van der Waals surface area contributed by atoms with Crippen molar-refractivity contribution in [2.45, 2.75) is 24.3 Å². The molecule has 8 nitrogen and oxygen atoms in total. The molecule has 0 spiro atoms. The second kappa shape index (κ2) is 5.85. The first kappa shape index (κ1) is 16.1. The van der Waals surface area contributed by atoms with Gasteiger partial charge in [-0.1, -0.05) is 6.07 Å². The van der Waals surface area contributed by atoms with Crippen molar-refractivity contribution < 1.29 is 13.2 Å². The Kier molecular flexibility index (Phi) is 3.77. The Morgan fingerprint density at radius 2 is 2.08 bits per heavy atom. The summed E-state index contributed by atoms with van der Waals surface area (Å²) in [6.45, 7) is 0.435. The van der Waals surface area contributed by atoms with Crippen LogP contribution in [0.3, 0.4) is 0 Å². The van der Waals surface area contributed by atoms with E-state index in [0.717, 1.165) is 5.56 Å². The van der Waals surface area contributed by atoms with Gasteiger partial charge in [-0.2, -0.15) is 4.98 Å². The molecule has 2 aliphatic heterocycles. The fourth-order valence-electron chi connectivity index (χ4n) is 2.98. The zero-order valence-electron chi connectivity index (χ0n) is 13.0. The summed E-state index contributed by atoms with van der Waals surface area (Å²) in [6.07, 6.45) is 1.05. The van der Waals surface area contributed by atoms with Crippen LogP contribution in [0.4, 0.5) is 22.0 Å². The highest BCUT2D eigenvalue weighted by molar-refractivity contribution is 7.91. The number of nitrogens with one attached hydrogen (secondary N) is 3. The van der Waals surface area contributed by atoms with E-state index >= 15 is 0 Å². The van der Waals surface area contributed by atoms with Crippen LogP contribution in [-0.2, 0) is 22.8 Å². The number of hydrogen-bond donors (Lipinski definition) is 3. The van der Waals surface area contributed by atoms with E-state index < -0.39 is 9.84 Å². The highest BCUT2D eigenvalue weighted by atomic mass is 35.5. The summed E-state index contributed by atoms with van der Waals surface area (Å²) in [5, 5.41) is 8.39. The number of carbonyl (C=O) groups excluding carboxylic acids is 1. The maximum atomic E-state index is 12.4. The van der Waals surface area contributed by atoms with Crippen LogP contribution in [-0.4, -0.2) is 30.2 Å². The van der Waals surface area contributed by atoms with Crippen LogP contribution in [0.1, 0.15) is 17.7 Å². The van der Waals surface area contributed by atoms with Crippen LogP contribution < -0.4 is 16.0 Å². The Morgan fingerprint density at radius 1 is 1.24 bits per heavy atom. The molecule has 3 N–H and O–H groups in total. The molecule has 1 aromatic carbocycles. The van der Waals surface area contributed by atoms with Crippen LogP contribution in [0, 0.1) is 0 Å². The van der Waals surface area contributed by atoms with Crippen LogP contribution in [0.5, 0.6) is 0 Å². The van der Waals surface area contributed by atoms with Crippen LogP contribution in [0.25, 0.3) is 0 Å². The van der Waals surface area contributed by atoms with Gasteiger partial charge >= 0.3 is 6.03 Å². The molecule has 130 valence electrons. The summed E-state index contributed by atoms with van der Waals surface area (Å²) in [6, 6.07) is 5.07. The van der Waals surface area contributed by atoms with Crippen molar-refractivity contribution in [3.63, 3.8) is 0 Å². The Hall–Kier alpha value is -2.39. The van der Waals surface area contributed by atoms with Crippen molar-refractivity contribution in [3.05, 3.63) is 34.7 Å². The number of benzene rings is 1. The molecule has 10 heteroatoms. The molecule has 0 radical (unpaired) electrons. The third-order valence-corrected chi connectivity index (χ3v) is 6.15. The maximum absolute atomic E-state index is 12.4. The average Bonchev–Trinajstić information content (AvgIpc) is 2.53. The molecule has 4 rings (SSSR count). The predicted molar refractivity (Wildman–Crippen MR) is 93.0 cm³/mol. The monoisotopic (exact) mass is 379 g/mol. The predicted octanol–water partition coefficient (Wildman–Crippen LogP) is 2.23. The lowest BCUT2D eigenvalue weighted by Gasteiger charge is -2.21. The van der Waals surface area contributed by atoms with E-state index in [1.807, 2.05) is 6.07 Å². The Labute approximate surface area is 148 Å². The van der Waals surface area contributed by atoms with Gasteiger partial charge in [0.1, 0.15) is 4.90 Å². The number of halogens is 1. The van der Waals surface area contributed by atoms with Crippen molar-refractivity contribution in [2.75, 3.05) is 16.4 Å². The molecule has 3 heterocycles. The van der Waals surface area contributed by atoms with Crippen molar-refractivity contribution in [1.82, 2.24) is 15.3 Å². The Bertz CT molecular complexity index is 993. The number of nitrogens with zero attached hydrogens (tertiary/aromatic N) is 2. The van der Waals surface area contributed by atoms with E-state index in [1.54, 1.807) is 12.1 Å². The Morgan fingerprint density at radius 3 is 2.92 bits per heavy atom. The number of hydrogen-bond acceptors (Lipinski definition) is 6. The number of sulfone groups is 1. The van der Waals surface area contributed by atoms with Gasteiger partial charge in [-0.15, -0.1) is 0 Å². The molecule has 2 aliphatic rings. The number of amides is 2. The van der Waals surface area contributed by atoms with Gasteiger partial charge in [-0.05, 0) is 42.1 Å². The zero-order chi connectivity index (χ0) is 17.6. The summed E-state index contributed by atoms with van der Waals surface area (Å²) in [4.78, 5) is 19.7. The standard InChI is InChI=1S/C15H14ClN5O3S/c16-14-19-10-2-1-5-25(23,24)12(10)13(21-14)18-9-4-3-8-7-17-15(22)20-11(8)6-9/h3-4,6H,1-2,5,7H2,(H2,17,20,22)(H,18,19,21). The summed E-state index contributed by atoms with van der Waals surface area (Å²) in [5.41, 5.74) is 2.62. The molecular weight excluding hydrogens is 366 g/mol. The second-order valence-electron chi connectivity index (χ2n) is 5.84. The molecule has 0 bridgehead atoms. The fourth-order valence-corrected chi connectivity index (χ4v) is 4.80. The van der Waals surface area contributed by atoms with E-state index in [2.05, 4.69) is 25.9 Å². The molecule has 1 aromatic heterocycles. The number of aryl methyl sites for hydroxylation is 1. The van der Waals surface area contributed by atoms with Crippen molar-refractivity contribution in [2.24, 2.45) is 0 Å². The van der Waals surface area contributed by atoms with E-state index in [1.165, 1.54) is 0 Å². The van der Waals surface area contributed by atoms with Gasteiger partial charge in [0.25, 0.3) is 0 Å². The number of aromatic nitrogens is 2. The summed E-state index contributed by atoms with van der Waals surface area (Å²) >= 11 is 5.95. The maximum Gasteiger partial charge on any atom is 0.319 e. The number of carbonyl (C=O) groups is 1. The summed E-state index contributed by atoms with van der Waals surface area (Å²) in [7, 11) is -3.46. The van der Waals surface area contributed by atoms with E-state index in [9.17, 15) is 13.2 Å². The first-order chi connectivity index (χ1) is 11.9. The molecule has 0 saturated carbocycles. The van der Waals surface area contributed by atoms with Crippen LogP contribution >= 0.6 is 11.6 Å². The van der Waals surface area contributed by atoms with Gasteiger partial charge in [0.15, 0.2) is 15.7 Å². The number of fused-ring (bicyclic) bond motifs is 2. The van der Waals surface area contributed by atoms with Gasteiger partial charge in [-0.3, -0.25) is 0 Å². The minimum atomic E-state index is -3.46. The third-order valence-electron chi connectivity index (χ3n) is 4.11. The number of urea groups is 1. The van der Waals surface area contributed by atoms with Gasteiger partial charge in [0, 0.05) is 17.9 Å². The highest BCUT2D eigenvalue weighted by Gasteiger charge is 2.30. The second-order valence-corrected chi connectivity index (χ2v) is 8.23. The molecule has 2 amide bonds. The number of rotatable bonds is 2. The normalized spacial score (nSPS) is 17.7. The lowest BCUT2D eigenvalue weighted by molar-refractivity contribution is 0.251. The molecule has 0 saturated heterocycles. The Balaban J connectivity index is 1.76. The molecule has 0 fully saturated rings. The molecular formula is C15H14ClN5O3S. The van der Waals surface area contributed by atoms with E-state index in [-0.39, 0.29) is 27.8 Å². The molecule has 0 unspecified atom stereocenters.